The Bertz CT molecular complexity index is 2470. The molecule has 0 radical (unpaired) electrons. The lowest BCUT2D eigenvalue weighted by Gasteiger charge is -2.27. The van der Waals surface area contributed by atoms with Gasteiger partial charge in [-0.1, -0.05) is 0 Å². The van der Waals surface area contributed by atoms with Gasteiger partial charge in [-0.05, 0) is 65.7 Å². The van der Waals surface area contributed by atoms with Crippen LogP contribution < -0.4 is 15.2 Å². The molecule has 388 valence electrons. The van der Waals surface area contributed by atoms with Crippen LogP contribution in [0.5, 0.6) is 11.5 Å². The molecule has 0 aliphatic carbocycles. The Kier molecular flexibility index (Phi) is 18.7. The zero-order valence-electron chi connectivity index (χ0n) is 39.8. The zero-order chi connectivity index (χ0) is 53.2. The van der Waals surface area contributed by atoms with Crippen molar-refractivity contribution in [2.45, 2.75) is 122 Å². The molecule has 4 aromatic heterocycles. The lowest BCUT2D eigenvalue weighted by atomic mass is 10.0. The van der Waals surface area contributed by atoms with E-state index in [2.05, 4.69) is 29.9 Å². The number of carbonyl (C=O) groups excluding carboxylic acids is 3. The maximum atomic E-state index is 14.1. The summed E-state index contributed by atoms with van der Waals surface area (Å²) >= 11 is 0. The third-order valence-electron chi connectivity index (χ3n) is 10.0. The molecular weight excluding hydrogens is 963 g/mol. The molecular formula is C45H53F8N9O9. The van der Waals surface area contributed by atoms with Crippen molar-refractivity contribution in [1.29, 1.82) is 0 Å². The molecule has 0 aromatic carbocycles. The van der Waals surface area contributed by atoms with Gasteiger partial charge in [0, 0.05) is 67.3 Å². The molecule has 4 aromatic rings. The van der Waals surface area contributed by atoms with Gasteiger partial charge in [-0.25, -0.2) is 43.1 Å². The van der Waals surface area contributed by atoms with Gasteiger partial charge in [0.25, 0.3) is 0 Å². The van der Waals surface area contributed by atoms with E-state index >= 15 is 0 Å². The van der Waals surface area contributed by atoms with E-state index in [0.717, 1.165) is 34.6 Å². The fourth-order valence-corrected chi connectivity index (χ4v) is 6.80. The molecule has 0 bridgehead atoms. The Labute approximate surface area is 402 Å². The van der Waals surface area contributed by atoms with Gasteiger partial charge >= 0.3 is 30.5 Å². The number of ether oxygens (including phenoxy) is 4. The Hall–Kier alpha value is -6.86. The topological polar surface area (TPSA) is 235 Å². The fraction of sp³-hybridized carbons (Fsp3) is 0.511. The summed E-state index contributed by atoms with van der Waals surface area (Å²) in [5, 5.41) is 8.83. The number of ketones is 1. The normalized spacial score (nSPS) is 18.1. The Morgan fingerprint density at radius 3 is 1.38 bits per heavy atom. The SMILES string of the molecule is CC(C)(C)OC(=O)N1C[C@H](F)C[C@H]1C(=O)O.COc1cnc(-c2cnc(C(F)(F)F)nc2)cc1CCC(=O)[C@@H]1C[C@@H](F)CN1C(=O)OC(C)(C)C.COc1cnc(-c2cnc(C(F)(F)F)nc2)cc1CN. The summed E-state index contributed by atoms with van der Waals surface area (Å²) < 4.78 is 123. The van der Waals surface area contributed by atoms with Gasteiger partial charge in [0.05, 0.1) is 57.1 Å². The first-order valence-corrected chi connectivity index (χ1v) is 21.5. The van der Waals surface area contributed by atoms with Crippen molar-refractivity contribution in [1.82, 2.24) is 39.7 Å². The summed E-state index contributed by atoms with van der Waals surface area (Å²) in [4.78, 5) is 71.3. The molecule has 71 heavy (non-hydrogen) atoms. The van der Waals surface area contributed by atoms with E-state index in [-0.39, 0.29) is 56.7 Å². The molecule has 2 amide bonds. The van der Waals surface area contributed by atoms with Crippen LogP contribution in [0.25, 0.3) is 22.5 Å². The average molecular weight is 1020 g/mol. The van der Waals surface area contributed by atoms with Crippen LogP contribution in [-0.4, -0.2) is 132 Å². The van der Waals surface area contributed by atoms with E-state index < -0.39 is 77.8 Å². The predicted octanol–water partition coefficient (Wildman–Crippen LogP) is 7.86. The minimum atomic E-state index is -4.66. The maximum absolute atomic E-state index is 14.1. The van der Waals surface area contributed by atoms with Gasteiger partial charge in [0.2, 0.25) is 11.6 Å². The van der Waals surface area contributed by atoms with Crippen LogP contribution in [0.3, 0.4) is 0 Å². The Balaban J connectivity index is 0.000000256. The van der Waals surface area contributed by atoms with Crippen molar-refractivity contribution in [2.24, 2.45) is 5.73 Å². The van der Waals surface area contributed by atoms with E-state index in [1.807, 2.05) is 0 Å². The van der Waals surface area contributed by atoms with Crippen LogP contribution in [0, 0.1) is 0 Å². The lowest BCUT2D eigenvalue weighted by molar-refractivity contribution is -0.145. The second-order valence-electron chi connectivity index (χ2n) is 17.8. The largest absolute Gasteiger partial charge is 0.495 e. The van der Waals surface area contributed by atoms with Crippen LogP contribution in [-0.2, 0) is 44.4 Å². The first-order valence-electron chi connectivity index (χ1n) is 21.5. The molecule has 2 fully saturated rings. The number of aromatic nitrogens is 6. The number of hydrogen-bond acceptors (Lipinski definition) is 15. The molecule has 4 atom stereocenters. The van der Waals surface area contributed by atoms with Crippen molar-refractivity contribution in [3.63, 3.8) is 0 Å². The number of amides is 2. The first-order chi connectivity index (χ1) is 32.9. The first kappa shape index (κ1) is 56.7. The van der Waals surface area contributed by atoms with E-state index in [1.165, 1.54) is 26.6 Å². The summed E-state index contributed by atoms with van der Waals surface area (Å²) in [5.41, 5.74) is 6.66. The third kappa shape index (κ3) is 16.4. The summed E-state index contributed by atoms with van der Waals surface area (Å²) in [6.07, 6.45) is -6.51. The number of carbonyl (C=O) groups is 4. The second-order valence-corrected chi connectivity index (χ2v) is 17.8. The van der Waals surface area contributed by atoms with Crippen molar-refractivity contribution in [3.05, 3.63) is 72.1 Å². The molecule has 3 N–H and O–H groups in total. The van der Waals surface area contributed by atoms with Gasteiger partial charge < -0.3 is 29.8 Å². The number of carboxylic acids is 1. The lowest BCUT2D eigenvalue weighted by Crippen LogP contribution is -2.43. The molecule has 0 unspecified atom stereocenters. The Morgan fingerprint density at radius 1 is 0.634 bits per heavy atom. The molecule has 6 rings (SSSR count). The number of rotatable bonds is 10. The zero-order valence-corrected chi connectivity index (χ0v) is 39.8. The van der Waals surface area contributed by atoms with Crippen molar-refractivity contribution in [2.75, 3.05) is 27.3 Å². The van der Waals surface area contributed by atoms with Crippen LogP contribution >= 0.6 is 0 Å². The summed E-state index contributed by atoms with van der Waals surface area (Å²) in [6.45, 7) is 9.84. The second kappa shape index (κ2) is 23.4. The summed E-state index contributed by atoms with van der Waals surface area (Å²) in [6, 6.07) is 1.13. The third-order valence-corrected chi connectivity index (χ3v) is 10.0. The van der Waals surface area contributed by atoms with Gasteiger partial charge in [0.15, 0.2) is 5.78 Å². The maximum Gasteiger partial charge on any atom is 0.451 e. The number of carboxylic acid groups (broad SMARTS) is 1. The van der Waals surface area contributed by atoms with Crippen molar-refractivity contribution in [3.8, 4) is 34.0 Å². The van der Waals surface area contributed by atoms with Crippen molar-refractivity contribution < 1.29 is 78.4 Å². The highest BCUT2D eigenvalue weighted by Crippen LogP contribution is 2.31. The van der Waals surface area contributed by atoms with E-state index in [9.17, 15) is 54.3 Å². The molecule has 0 spiro atoms. The highest BCUT2D eigenvalue weighted by Gasteiger charge is 2.43. The molecule has 2 saturated heterocycles. The van der Waals surface area contributed by atoms with E-state index in [0.29, 0.717) is 39.6 Å². The standard InChI is InChI=1S/C23H26F4N4O4.C12H11F3N4O.C10H16FNO4/c1-22(2,3)35-21(33)31-12-15(24)8-17(31)18(32)6-5-13-7-16(28-11-19(13)34-4)14-9-29-20(30-10-14)23(25,26)27;1-20-10-6-17-9(2-7(10)3-16)8-4-18-11(19-5-8)12(13,14)15;1-10(2,3)16-9(15)12-5-6(11)4-7(12)8(13)14/h7,9-11,15,17H,5-6,8,12H2,1-4H3;2,4-6H,3,16H2,1H3;6-7H,4-5H2,1-3H3,(H,13,14)/t15-,17+;;6-,7+/m1.1/s1. The molecule has 26 heteroatoms. The molecule has 2 aliphatic rings. The number of nitrogens with two attached hydrogens (primary N) is 1. The highest BCUT2D eigenvalue weighted by atomic mass is 19.4. The number of halogens is 8. The monoisotopic (exact) mass is 1020 g/mol. The van der Waals surface area contributed by atoms with Gasteiger partial charge in [-0.3, -0.25) is 24.6 Å². The van der Waals surface area contributed by atoms with Gasteiger partial charge in [-0.15, -0.1) is 0 Å². The number of Topliss-reactive ketones (excluding diaryl/α,β-unsaturated/α-hetero) is 1. The van der Waals surface area contributed by atoms with Crippen LogP contribution in [0.15, 0.2) is 49.3 Å². The molecule has 6 heterocycles. The number of likely N-dealkylation sites (tertiary alicyclic amines) is 2. The van der Waals surface area contributed by atoms with E-state index in [1.54, 1.807) is 53.7 Å². The van der Waals surface area contributed by atoms with Gasteiger partial charge in [0.1, 0.15) is 41.1 Å². The summed E-state index contributed by atoms with van der Waals surface area (Å²) in [5.74, 6) is -3.11. The molecule has 0 saturated carbocycles. The van der Waals surface area contributed by atoms with Crippen LogP contribution in [0.1, 0.15) is 83.6 Å². The Morgan fingerprint density at radius 2 is 1.01 bits per heavy atom. The van der Waals surface area contributed by atoms with E-state index in [4.69, 9.17) is 29.8 Å². The smallest absolute Gasteiger partial charge is 0.451 e. The number of pyridine rings is 2. The highest BCUT2D eigenvalue weighted by molar-refractivity contribution is 5.88. The summed E-state index contributed by atoms with van der Waals surface area (Å²) in [7, 11) is 2.90. The quantitative estimate of drug-likeness (QED) is 0.144. The molecule has 2 aliphatic heterocycles. The minimum absolute atomic E-state index is 0.0278. The van der Waals surface area contributed by atoms with Gasteiger partial charge in [-0.2, -0.15) is 26.3 Å². The van der Waals surface area contributed by atoms with Crippen LogP contribution in [0.2, 0.25) is 0 Å². The predicted molar refractivity (Wildman–Crippen MR) is 235 cm³/mol. The number of alkyl halides is 8. The minimum Gasteiger partial charge on any atom is -0.495 e. The fourth-order valence-electron chi connectivity index (χ4n) is 6.80. The number of aryl methyl sites for hydroxylation is 1. The number of methoxy groups -OCH3 is 2. The average Bonchev–Trinajstić information content (AvgIpc) is 3.89. The number of nitrogens with zero attached hydrogens (tertiary/aromatic N) is 8. The van der Waals surface area contributed by atoms with Crippen LogP contribution in [0.4, 0.5) is 44.7 Å². The number of aliphatic carboxylic acids is 1. The van der Waals surface area contributed by atoms with Crippen molar-refractivity contribution >= 4 is 23.9 Å². The number of hydrogen-bond donors (Lipinski definition) is 2. The molecule has 18 nitrogen and oxygen atoms in total.